The van der Waals surface area contributed by atoms with Gasteiger partial charge in [0.15, 0.2) is 0 Å². The van der Waals surface area contributed by atoms with E-state index in [1.54, 1.807) is 0 Å². The molecular weight excluding hydrogens is 344 g/mol. The van der Waals surface area contributed by atoms with E-state index in [1.807, 2.05) is 13.8 Å². The standard InChI is InChI=1S/C25H38N2O/c1-18(2)25(28)27-16-22-7-4-8-23(24(22)17-27)21-11-9-20(10-12-21)13-15-26-14-5-6-19(26)3/h9-12,18-19,22-24H,4-8,13-17H2,1-3H3/t19-,22+,23?,24-/m1/s1. The van der Waals surface area contributed by atoms with E-state index < -0.39 is 0 Å². The van der Waals surface area contributed by atoms with Crippen LogP contribution in [0.3, 0.4) is 0 Å². The molecule has 0 spiro atoms. The molecule has 1 aromatic carbocycles. The van der Waals surface area contributed by atoms with Crippen LogP contribution in [0.5, 0.6) is 0 Å². The van der Waals surface area contributed by atoms with Crippen LogP contribution in [0.1, 0.15) is 69.9 Å². The van der Waals surface area contributed by atoms with Gasteiger partial charge in [0.05, 0.1) is 0 Å². The summed E-state index contributed by atoms with van der Waals surface area (Å²) < 4.78 is 0. The van der Waals surface area contributed by atoms with E-state index in [2.05, 4.69) is 41.0 Å². The molecule has 3 heteroatoms. The molecule has 2 saturated heterocycles. The summed E-state index contributed by atoms with van der Waals surface area (Å²) in [4.78, 5) is 17.3. The van der Waals surface area contributed by atoms with Gasteiger partial charge >= 0.3 is 0 Å². The van der Waals surface area contributed by atoms with Crippen molar-refractivity contribution in [2.24, 2.45) is 17.8 Å². The highest BCUT2D eigenvalue weighted by Gasteiger charge is 2.42. The molecule has 1 amide bonds. The number of rotatable bonds is 5. The van der Waals surface area contributed by atoms with Gasteiger partial charge in [-0.3, -0.25) is 4.79 Å². The first-order chi connectivity index (χ1) is 13.5. The molecule has 3 fully saturated rings. The van der Waals surface area contributed by atoms with Gasteiger partial charge in [-0.15, -0.1) is 0 Å². The molecule has 0 aromatic heterocycles. The summed E-state index contributed by atoms with van der Waals surface area (Å²) >= 11 is 0. The van der Waals surface area contributed by atoms with Crippen molar-refractivity contribution in [2.45, 2.75) is 71.3 Å². The third-order valence-electron chi connectivity index (χ3n) is 7.69. The van der Waals surface area contributed by atoms with Gasteiger partial charge in [0, 0.05) is 31.6 Å². The van der Waals surface area contributed by atoms with Crippen LogP contribution in [0, 0.1) is 17.8 Å². The number of hydrogen-bond donors (Lipinski definition) is 0. The second-order valence-electron chi connectivity index (χ2n) is 9.88. The molecule has 2 heterocycles. The molecule has 28 heavy (non-hydrogen) atoms. The molecule has 1 aliphatic carbocycles. The van der Waals surface area contributed by atoms with E-state index in [0.717, 1.165) is 25.6 Å². The van der Waals surface area contributed by atoms with Crippen molar-refractivity contribution in [3.05, 3.63) is 35.4 Å². The highest BCUT2D eigenvalue weighted by atomic mass is 16.2. The minimum atomic E-state index is 0.121. The van der Waals surface area contributed by atoms with Gasteiger partial charge in [-0.05, 0) is 74.5 Å². The van der Waals surface area contributed by atoms with Crippen molar-refractivity contribution >= 4 is 5.91 Å². The lowest BCUT2D eigenvalue weighted by Gasteiger charge is -2.33. The molecule has 3 aliphatic rings. The van der Waals surface area contributed by atoms with Crippen molar-refractivity contribution in [2.75, 3.05) is 26.2 Å². The Balaban J connectivity index is 1.38. The third kappa shape index (κ3) is 4.15. The molecular formula is C25H38N2O. The van der Waals surface area contributed by atoms with E-state index in [-0.39, 0.29) is 5.92 Å². The Morgan fingerprint density at radius 2 is 1.86 bits per heavy atom. The number of likely N-dealkylation sites (tertiary alicyclic amines) is 2. The van der Waals surface area contributed by atoms with Crippen molar-refractivity contribution in [1.82, 2.24) is 9.80 Å². The quantitative estimate of drug-likeness (QED) is 0.736. The van der Waals surface area contributed by atoms with Crippen molar-refractivity contribution in [3.8, 4) is 0 Å². The van der Waals surface area contributed by atoms with Crippen LogP contribution >= 0.6 is 0 Å². The molecule has 4 rings (SSSR count). The fraction of sp³-hybridized carbons (Fsp3) is 0.720. The topological polar surface area (TPSA) is 23.6 Å². The van der Waals surface area contributed by atoms with E-state index in [1.165, 1.54) is 56.3 Å². The zero-order valence-corrected chi connectivity index (χ0v) is 18.1. The smallest absolute Gasteiger partial charge is 0.225 e. The number of carbonyl (C=O) groups is 1. The molecule has 3 nitrogen and oxygen atoms in total. The lowest BCUT2D eigenvalue weighted by Crippen LogP contribution is -2.32. The minimum Gasteiger partial charge on any atom is -0.342 e. The molecule has 1 aromatic rings. The number of nitrogens with zero attached hydrogens (tertiary/aromatic N) is 2. The number of hydrogen-bond acceptors (Lipinski definition) is 2. The Labute approximate surface area is 171 Å². The van der Waals surface area contributed by atoms with E-state index in [0.29, 0.717) is 23.7 Å². The van der Waals surface area contributed by atoms with E-state index >= 15 is 0 Å². The number of amides is 1. The summed E-state index contributed by atoms with van der Waals surface area (Å²) in [6, 6.07) is 10.3. The fourth-order valence-electron chi connectivity index (χ4n) is 5.96. The molecule has 4 atom stereocenters. The van der Waals surface area contributed by atoms with Crippen LogP contribution in [0.4, 0.5) is 0 Å². The van der Waals surface area contributed by atoms with Gasteiger partial charge in [-0.25, -0.2) is 0 Å². The lowest BCUT2D eigenvalue weighted by atomic mass is 9.71. The Hall–Kier alpha value is -1.35. The van der Waals surface area contributed by atoms with Crippen LogP contribution in [-0.2, 0) is 11.2 Å². The van der Waals surface area contributed by atoms with E-state index in [4.69, 9.17) is 0 Å². The first-order valence-electron chi connectivity index (χ1n) is 11.6. The van der Waals surface area contributed by atoms with Crippen LogP contribution in [0.25, 0.3) is 0 Å². The molecule has 1 unspecified atom stereocenters. The number of benzene rings is 1. The Kier molecular flexibility index (Phi) is 6.10. The second-order valence-corrected chi connectivity index (χ2v) is 9.88. The summed E-state index contributed by atoms with van der Waals surface area (Å²) in [5, 5.41) is 0. The minimum absolute atomic E-state index is 0.121. The van der Waals surface area contributed by atoms with Crippen LogP contribution < -0.4 is 0 Å². The van der Waals surface area contributed by atoms with Crippen LogP contribution in [0.15, 0.2) is 24.3 Å². The summed E-state index contributed by atoms with van der Waals surface area (Å²) in [5.74, 6) is 2.47. The van der Waals surface area contributed by atoms with Gasteiger partial charge in [-0.1, -0.05) is 44.5 Å². The first kappa shape index (κ1) is 19.9. The normalized spacial score (nSPS) is 30.8. The Morgan fingerprint density at radius 1 is 1.07 bits per heavy atom. The van der Waals surface area contributed by atoms with Gasteiger partial charge in [0.25, 0.3) is 0 Å². The predicted molar refractivity (Wildman–Crippen MR) is 115 cm³/mol. The highest BCUT2D eigenvalue weighted by Crippen LogP contribution is 2.45. The molecule has 1 saturated carbocycles. The highest BCUT2D eigenvalue weighted by molar-refractivity contribution is 5.78. The zero-order valence-electron chi connectivity index (χ0n) is 18.1. The maximum atomic E-state index is 12.5. The first-order valence-corrected chi connectivity index (χ1v) is 11.6. The fourth-order valence-corrected chi connectivity index (χ4v) is 5.96. The molecule has 0 radical (unpaired) electrons. The SMILES string of the molecule is CC(C)C(=O)N1C[C@@H]2CCCC(c3ccc(CCN4CCC[C@H]4C)cc3)[C@@H]2C1. The average Bonchev–Trinajstić information content (AvgIpc) is 3.31. The number of carbonyl (C=O) groups excluding carboxylic acids is 1. The Bertz CT molecular complexity index is 668. The maximum Gasteiger partial charge on any atom is 0.225 e. The second kappa shape index (κ2) is 8.57. The number of fused-ring (bicyclic) bond motifs is 1. The molecule has 0 bridgehead atoms. The van der Waals surface area contributed by atoms with Gasteiger partial charge in [0.1, 0.15) is 0 Å². The third-order valence-corrected chi connectivity index (χ3v) is 7.69. The Morgan fingerprint density at radius 3 is 2.54 bits per heavy atom. The van der Waals surface area contributed by atoms with Gasteiger partial charge < -0.3 is 9.80 Å². The van der Waals surface area contributed by atoms with Crippen molar-refractivity contribution in [1.29, 1.82) is 0 Å². The summed E-state index contributed by atoms with van der Waals surface area (Å²) in [5.41, 5.74) is 2.98. The molecule has 0 N–H and O–H groups in total. The predicted octanol–water partition coefficient (Wildman–Crippen LogP) is 4.71. The summed E-state index contributed by atoms with van der Waals surface area (Å²) in [6.45, 7) is 10.9. The van der Waals surface area contributed by atoms with Crippen molar-refractivity contribution < 1.29 is 4.79 Å². The van der Waals surface area contributed by atoms with Crippen molar-refractivity contribution in [3.63, 3.8) is 0 Å². The zero-order chi connectivity index (χ0) is 19.7. The maximum absolute atomic E-state index is 12.5. The van der Waals surface area contributed by atoms with E-state index in [9.17, 15) is 4.79 Å². The largest absolute Gasteiger partial charge is 0.342 e. The molecule has 154 valence electrons. The average molecular weight is 383 g/mol. The van der Waals surface area contributed by atoms with Crippen LogP contribution in [-0.4, -0.2) is 47.9 Å². The molecule has 2 aliphatic heterocycles. The van der Waals surface area contributed by atoms with Crippen LogP contribution in [0.2, 0.25) is 0 Å². The summed E-state index contributed by atoms with van der Waals surface area (Å²) in [6.07, 6.45) is 7.78. The van der Waals surface area contributed by atoms with Gasteiger partial charge in [-0.2, -0.15) is 0 Å². The summed E-state index contributed by atoms with van der Waals surface area (Å²) in [7, 11) is 0. The van der Waals surface area contributed by atoms with Gasteiger partial charge in [0.2, 0.25) is 5.91 Å². The lowest BCUT2D eigenvalue weighted by molar-refractivity contribution is -0.133. The monoisotopic (exact) mass is 382 g/mol.